The van der Waals surface area contributed by atoms with Crippen LogP contribution in [0.5, 0.6) is 86.2 Å². The third kappa shape index (κ3) is 18.5. The van der Waals surface area contributed by atoms with E-state index < -0.39 is 219 Å². The first-order valence-corrected chi connectivity index (χ1v) is 32.6. The maximum Gasteiger partial charge on any atom is 0.308 e. The number of hydrogen-bond donors (Lipinski definition) is 0. The van der Waals surface area contributed by atoms with Crippen LogP contribution in [0.3, 0.4) is 0 Å². The van der Waals surface area contributed by atoms with Crippen molar-refractivity contribution in [1.29, 1.82) is 0 Å². The Bertz CT molecular complexity index is 4790. The van der Waals surface area contributed by atoms with Crippen LogP contribution in [0.4, 0.5) is 0 Å². The molecule has 0 amide bonds. The molecule has 0 radical (unpaired) electrons. The van der Waals surface area contributed by atoms with Gasteiger partial charge in [0.1, 0.15) is 57.8 Å². The molecule has 108 heavy (non-hydrogen) atoms. The predicted octanol–water partition coefficient (Wildman–Crippen LogP) is 8.79. The molecule has 0 spiro atoms. The average molecular weight is 1500 g/mol. The summed E-state index contributed by atoms with van der Waals surface area (Å²) in [4.78, 5) is 201. The molecule has 3 heterocycles. The van der Waals surface area contributed by atoms with Crippen LogP contribution < -0.4 is 71.1 Å². The van der Waals surface area contributed by atoms with E-state index in [-0.39, 0.29) is 56.6 Å². The Morgan fingerprint density at radius 3 is 0.935 bits per heavy atom. The van der Waals surface area contributed by atoms with E-state index in [0.29, 0.717) is 0 Å². The maximum absolute atomic E-state index is 14.4. The highest BCUT2D eigenvalue weighted by Gasteiger charge is 2.55. The van der Waals surface area contributed by atoms with Crippen molar-refractivity contribution >= 4 is 89.5 Å². The van der Waals surface area contributed by atoms with Crippen LogP contribution in [0.1, 0.15) is 179 Å². The summed E-state index contributed by atoms with van der Waals surface area (Å²) in [5.74, 6) is -26.3. The highest BCUT2D eigenvalue weighted by atomic mass is 16.6. The number of benzene rings is 6. The molecule has 0 N–H and O–H groups in total. The average Bonchev–Trinajstić information content (AvgIpc) is 0.703. The monoisotopic (exact) mass is 1500 g/mol. The van der Waals surface area contributed by atoms with Gasteiger partial charge in [-0.05, 0) is 36.4 Å². The van der Waals surface area contributed by atoms with Gasteiger partial charge in [-0.1, -0.05) is 18.2 Å². The van der Waals surface area contributed by atoms with Gasteiger partial charge in [0.15, 0.2) is 65.0 Å². The first kappa shape index (κ1) is 78.9. The summed E-state index contributed by atoms with van der Waals surface area (Å²) in [6, 6.07) is 15.1. The molecule has 566 valence electrons. The zero-order chi connectivity index (χ0) is 79.2. The van der Waals surface area contributed by atoms with Crippen LogP contribution in [0.2, 0.25) is 0 Å². The van der Waals surface area contributed by atoms with Crippen molar-refractivity contribution in [2.24, 2.45) is 0 Å². The van der Waals surface area contributed by atoms with Gasteiger partial charge >= 0.3 is 89.5 Å². The van der Waals surface area contributed by atoms with Gasteiger partial charge in [0.05, 0.1) is 11.8 Å². The van der Waals surface area contributed by atoms with Gasteiger partial charge in [0, 0.05) is 179 Å². The van der Waals surface area contributed by atoms with Crippen LogP contribution >= 0.6 is 0 Å². The third-order valence-electron chi connectivity index (χ3n) is 15.6. The van der Waals surface area contributed by atoms with Crippen molar-refractivity contribution in [3.63, 3.8) is 0 Å². The van der Waals surface area contributed by atoms with E-state index >= 15 is 0 Å². The van der Waals surface area contributed by atoms with Gasteiger partial charge in [-0.15, -0.1) is 0 Å². The lowest BCUT2D eigenvalue weighted by atomic mass is 9.73. The Morgan fingerprint density at radius 2 is 0.565 bits per heavy atom. The van der Waals surface area contributed by atoms with E-state index in [1.54, 1.807) is 0 Å². The zero-order valence-corrected chi connectivity index (χ0v) is 60.3. The first-order valence-electron chi connectivity index (χ1n) is 32.6. The molecule has 0 fully saturated rings. The van der Waals surface area contributed by atoms with Crippen LogP contribution in [0.25, 0.3) is 0 Å². The molecule has 0 aromatic heterocycles. The first-order chi connectivity index (χ1) is 50.8. The molecule has 3 aliphatic heterocycles. The number of ether oxygens (including phenoxy) is 18. The number of carbonyl (C=O) groups is 15. The molecule has 6 aromatic carbocycles. The normalized spacial score (nSPS) is 17.8. The minimum absolute atomic E-state index is 0.0239. The smallest absolute Gasteiger partial charge is 0.308 e. The minimum Gasteiger partial charge on any atom is -0.481 e. The molecule has 0 aliphatic carbocycles. The summed E-state index contributed by atoms with van der Waals surface area (Å²) in [5.41, 5.74) is -2.38. The Hall–Kier alpha value is -13.2. The number of rotatable bonds is 20. The highest BCUT2D eigenvalue weighted by Crippen LogP contribution is 2.64. The second-order valence-corrected chi connectivity index (χ2v) is 24.3. The van der Waals surface area contributed by atoms with Gasteiger partial charge in [0.25, 0.3) is 0 Å². The summed E-state index contributed by atoms with van der Waals surface area (Å²) < 4.78 is 109. The van der Waals surface area contributed by atoms with Crippen LogP contribution in [0, 0.1) is 0 Å². The van der Waals surface area contributed by atoms with E-state index in [4.69, 9.17) is 85.3 Å². The lowest BCUT2D eigenvalue weighted by Gasteiger charge is -2.45. The van der Waals surface area contributed by atoms with Crippen molar-refractivity contribution < 1.29 is 157 Å². The number of fused-ring (bicyclic) bond motifs is 3. The van der Waals surface area contributed by atoms with Crippen LogP contribution in [-0.2, 0) is 92.5 Å². The highest BCUT2D eigenvalue weighted by molar-refractivity contribution is 5.83. The van der Waals surface area contributed by atoms with Crippen molar-refractivity contribution in [2.75, 3.05) is 0 Å². The Labute approximate surface area is 612 Å². The predicted molar refractivity (Wildman–Crippen MR) is 359 cm³/mol. The quantitative estimate of drug-likeness (QED) is 0.0391. The molecule has 8 atom stereocenters. The lowest BCUT2D eigenvalue weighted by Crippen LogP contribution is -2.42. The van der Waals surface area contributed by atoms with E-state index in [2.05, 4.69) is 0 Å². The Morgan fingerprint density at radius 1 is 0.269 bits per heavy atom. The van der Waals surface area contributed by atoms with Gasteiger partial charge in [-0.3, -0.25) is 71.9 Å². The fraction of sp³-hybridized carbons (Fsp3) is 0.320. The molecule has 0 saturated heterocycles. The molecular formula is C75H68O33. The lowest BCUT2D eigenvalue weighted by molar-refractivity contribution is -0.155. The van der Waals surface area contributed by atoms with E-state index in [1.165, 1.54) is 36.4 Å². The van der Waals surface area contributed by atoms with Crippen molar-refractivity contribution in [2.45, 2.75) is 159 Å². The summed E-state index contributed by atoms with van der Waals surface area (Å²) in [7, 11) is 0. The molecular weight excluding hydrogens is 1430 g/mol. The van der Waals surface area contributed by atoms with E-state index in [0.717, 1.165) is 146 Å². The molecule has 8 unspecified atom stereocenters. The largest absolute Gasteiger partial charge is 0.481 e. The van der Waals surface area contributed by atoms with Gasteiger partial charge in [-0.25, -0.2) is 0 Å². The number of carbonyl (C=O) groups excluding carboxylic acids is 15. The van der Waals surface area contributed by atoms with Gasteiger partial charge in [-0.2, -0.15) is 0 Å². The van der Waals surface area contributed by atoms with Crippen molar-refractivity contribution in [1.82, 2.24) is 0 Å². The fourth-order valence-corrected chi connectivity index (χ4v) is 12.5. The molecule has 3 aliphatic rings. The summed E-state index contributed by atoms with van der Waals surface area (Å²) >= 11 is 0. The standard InChI is InChI=1S/C75H68O33/c1-30(76)91-48-25-57(99-38(9)84)63-58(26-48)106-70(46-17-20-51(93-32(3)78)55(23-46)97-36(7)82)74(104-43(14)89)67(63)65-60(101-40(11)86)29-61(102-41(12)87)66-68(75(105-44(15)90)71(108-73(65)66)47-18-21-52(94-33(4)79)56(24-47)98-37(8)83)64-59(100-39(10)85)28-53(95-34(5)80)49-27-62(103-42(13)88)69(107-72(49)64)45-16-19-50(92-31(2)77)54(22-45)96-35(6)81/h16-26,28-29,62,67-71,74-75H,27H2,1-15H3. The van der Waals surface area contributed by atoms with Gasteiger partial charge < -0.3 is 85.3 Å². The van der Waals surface area contributed by atoms with Crippen LogP contribution in [0.15, 0.2) is 78.9 Å². The third-order valence-corrected chi connectivity index (χ3v) is 15.6. The minimum atomic E-state index is -2.10. The summed E-state index contributed by atoms with van der Waals surface area (Å²) in [6.07, 6.45) is -11.7. The summed E-state index contributed by atoms with van der Waals surface area (Å²) in [5, 5.41) is 0. The maximum atomic E-state index is 14.4. The van der Waals surface area contributed by atoms with Crippen LogP contribution in [-0.4, -0.2) is 108 Å². The zero-order valence-electron chi connectivity index (χ0n) is 60.3. The second-order valence-electron chi connectivity index (χ2n) is 24.3. The fourth-order valence-electron chi connectivity index (χ4n) is 12.5. The molecule has 0 saturated carbocycles. The van der Waals surface area contributed by atoms with Gasteiger partial charge in [0.2, 0.25) is 0 Å². The SMILES string of the molecule is CC(=O)Oc1cc(OC(C)=O)c2c(c1)OC(c1ccc(OC(C)=O)c(OC(C)=O)c1)C(OC(C)=O)C2c1c(OC(C)=O)cc(OC(C)=O)c2c1OC(c1ccc(OC(C)=O)c(OC(C)=O)c1)C(OC(C)=O)C2c1c(OC(C)=O)cc(OC(C)=O)c2c1OC(c1ccc(OC(C)=O)c(OC(C)=O)c1)C(OC(C)=O)C2. The Balaban J connectivity index is 1.57. The molecule has 9 rings (SSSR count). The Kier molecular flexibility index (Phi) is 24.0. The molecule has 0 bridgehead atoms. The van der Waals surface area contributed by atoms with Crippen molar-refractivity contribution in [3.05, 3.63) is 123 Å². The molecule has 33 heteroatoms. The number of esters is 15. The molecule has 6 aromatic rings. The van der Waals surface area contributed by atoms with E-state index in [9.17, 15) is 71.9 Å². The van der Waals surface area contributed by atoms with Crippen molar-refractivity contribution in [3.8, 4) is 86.2 Å². The summed E-state index contributed by atoms with van der Waals surface area (Å²) in [6.45, 7) is 15.1. The second kappa shape index (κ2) is 32.8. The molecule has 33 nitrogen and oxygen atoms in total. The number of hydrogen-bond acceptors (Lipinski definition) is 33. The topological polar surface area (TPSA) is 422 Å². The van der Waals surface area contributed by atoms with E-state index in [1.807, 2.05) is 0 Å².